The number of guanidine groups is 1. The van der Waals surface area contributed by atoms with E-state index in [4.69, 9.17) is 0 Å². The van der Waals surface area contributed by atoms with Crippen LogP contribution >= 0.6 is 24.0 Å². The van der Waals surface area contributed by atoms with Gasteiger partial charge in [0.1, 0.15) is 0 Å². The van der Waals surface area contributed by atoms with Crippen LogP contribution in [0.4, 0.5) is 13.2 Å². The van der Waals surface area contributed by atoms with Crippen LogP contribution in [0.5, 0.6) is 0 Å². The molecule has 1 aromatic rings. The van der Waals surface area contributed by atoms with Crippen LogP contribution in [-0.2, 0) is 12.7 Å². The molecule has 1 heterocycles. The van der Waals surface area contributed by atoms with Crippen LogP contribution in [0.15, 0.2) is 29.3 Å². The van der Waals surface area contributed by atoms with Gasteiger partial charge in [0.25, 0.3) is 0 Å². The SMILES string of the molecule is CN=C(NC1CC1)NC1CCN(Cc2ccc(C(F)(F)F)cc2)C1.I. The molecular formula is C17H24F3IN4. The van der Waals surface area contributed by atoms with Crippen molar-refractivity contribution < 1.29 is 13.2 Å². The third-order valence-electron chi connectivity index (χ3n) is 4.44. The first-order chi connectivity index (χ1) is 11.4. The largest absolute Gasteiger partial charge is 0.416 e. The molecule has 2 aliphatic rings. The minimum atomic E-state index is -4.27. The molecule has 0 radical (unpaired) electrons. The number of likely N-dealkylation sites (tertiary alicyclic amines) is 1. The van der Waals surface area contributed by atoms with Crippen molar-refractivity contribution in [2.75, 3.05) is 20.1 Å². The average molecular weight is 468 g/mol. The second-order valence-corrected chi connectivity index (χ2v) is 6.55. The van der Waals surface area contributed by atoms with Gasteiger partial charge >= 0.3 is 6.18 Å². The van der Waals surface area contributed by atoms with Gasteiger partial charge in [-0.05, 0) is 37.0 Å². The Balaban J connectivity index is 0.00000225. The highest BCUT2D eigenvalue weighted by molar-refractivity contribution is 14.0. The molecule has 1 unspecified atom stereocenters. The van der Waals surface area contributed by atoms with Crippen molar-refractivity contribution in [3.63, 3.8) is 0 Å². The number of hydrogen-bond acceptors (Lipinski definition) is 2. The summed E-state index contributed by atoms with van der Waals surface area (Å²) in [4.78, 5) is 6.50. The molecule has 1 aliphatic heterocycles. The standard InChI is InChI=1S/C17H23F3N4.HI/c1-21-16(22-14-6-7-14)23-15-8-9-24(11-15)10-12-2-4-13(5-3-12)17(18,19)20;/h2-5,14-15H,6-11H2,1H3,(H2,21,22,23);1H. The van der Waals surface area contributed by atoms with Crippen molar-refractivity contribution in [2.24, 2.45) is 4.99 Å². The number of hydrogen-bond donors (Lipinski definition) is 2. The van der Waals surface area contributed by atoms with Crippen molar-refractivity contribution in [3.05, 3.63) is 35.4 Å². The van der Waals surface area contributed by atoms with E-state index in [0.29, 0.717) is 18.6 Å². The zero-order chi connectivity index (χ0) is 17.2. The Hall–Kier alpha value is -1.03. The number of halogens is 4. The molecule has 8 heteroatoms. The Morgan fingerprint density at radius 1 is 1.12 bits per heavy atom. The maximum Gasteiger partial charge on any atom is 0.416 e. The summed E-state index contributed by atoms with van der Waals surface area (Å²) < 4.78 is 37.8. The van der Waals surface area contributed by atoms with Gasteiger partial charge in [-0.15, -0.1) is 24.0 Å². The van der Waals surface area contributed by atoms with Gasteiger partial charge in [0.2, 0.25) is 0 Å². The summed E-state index contributed by atoms with van der Waals surface area (Å²) in [5.74, 6) is 0.846. The number of benzene rings is 1. The highest BCUT2D eigenvalue weighted by atomic mass is 127. The number of rotatable bonds is 4. The predicted octanol–water partition coefficient (Wildman–Crippen LogP) is 3.23. The minimum Gasteiger partial charge on any atom is -0.354 e. The van der Waals surface area contributed by atoms with Crippen LogP contribution in [0.2, 0.25) is 0 Å². The molecule has 4 nitrogen and oxygen atoms in total. The predicted molar refractivity (Wildman–Crippen MR) is 103 cm³/mol. The van der Waals surface area contributed by atoms with E-state index in [2.05, 4.69) is 20.5 Å². The second kappa shape index (κ2) is 8.57. The molecule has 0 amide bonds. The Bertz CT molecular complexity index is 585. The lowest BCUT2D eigenvalue weighted by Gasteiger charge is -2.19. The van der Waals surface area contributed by atoms with Crippen molar-refractivity contribution >= 4 is 29.9 Å². The maximum absolute atomic E-state index is 12.6. The van der Waals surface area contributed by atoms with E-state index in [1.54, 1.807) is 19.2 Å². The number of nitrogens with one attached hydrogen (secondary N) is 2. The molecule has 0 bridgehead atoms. The van der Waals surface area contributed by atoms with Crippen LogP contribution in [0.25, 0.3) is 0 Å². The average Bonchev–Trinajstić information content (AvgIpc) is 3.25. The van der Waals surface area contributed by atoms with E-state index in [1.165, 1.54) is 12.8 Å². The highest BCUT2D eigenvalue weighted by Crippen LogP contribution is 2.29. The van der Waals surface area contributed by atoms with Gasteiger partial charge in [0.05, 0.1) is 5.56 Å². The number of aliphatic imine (C=N–C) groups is 1. The molecule has 2 fully saturated rings. The maximum atomic E-state index is 12.6. The van der Waals surface area contributed by atoms with E-state index in [0.717, 1.165) is 43.2 Å². The number of nitrogens with zero attached hydrogens (tertiary/aromatic N) is 2. The summed E-state index contributed by atoms with van der Waals surface area (Å²) in [5.41, 5.74) is 0.311. The molecule has 140 valence electrons. The van der Waals surface area contributed by atoms with Crippen LogP contribution in [0.1, 0.15) is 30.4 Å². The van der Waals surface area contributed by atoms with Crippen LogP contribution in [-0.4, -0.2) is 43.1 Å². The van der Waals surface area contributed by atoms with Crippen LogP contribution in [0, 0.1) is 0 Å². The summed E-state index contributed by atoms with van der Waals surface area (Å²) in [6.45, 7) is 2.47. The fraction of sp³-hybridized carbons (Fsp3) is 0.588. The smallest absolute Gasteiger partial charge is 0.354 e. The Morgan fingerprint density at radius 2 is 1.76 bits per heavy atom. The lowest BCUT2D eigenvalue weighted by molar-refractivity contribution is -0.137. The third kappa shape index (κ3) is 6.02. The van der Waals surface area contributed by atoms with Gasteiger partial charge in [-0.3, -0.25) is 9.89 Å². The van der Waals surface area contributed by atoms with Crippen LogP contribution < -0.4 is 10.6 Å². The summed E-state index contributed by atoms with van der Waals surface area (Å²) in [6.07, 6.45) is -0.867. The van der Waals surface area contributed by atoms with Gasteiger partial charge in [0, 0.05) is 38.8 Å². The topological polar surface area (TPSA) is 39.7 Å². The first kappa shape index (κ1) is 20.3. The summed E-state index contributed by atoms with van der Waals surface area (Å²) in [7, 11) is 1.77. The van der Waals surface area contributed by atoms with Crippen molar-refractivity contribution in [1.29, 1.82) is 0 Å². The Labute approximate surface area is 163 Å². The summed E-state index contributed by atoms with van der Waals surface area (Å²) >= 11 is 0. The van der Waals surface area contributed by atoms with E-state index >= 15 is 0 Å². The Kier molecular flexibility index (Phi) is 6.95. The first-order valence-corrected chi connectivity index (χ1v) is 8.32. The molecule has 2 N–H and O–H groups in total. The van der Waals surface area contributed by atoms with Gasteiger partial charge in [-0.2, -0.15) is 13.2 Å². The monoisotopic (exact) mass is 468 g/mol. The summed E-state index contributed by atoms with van der Waals surface area (Å²) in [5, 5.41) is 6.80. The molecule has 1 aromatic carbocycles. The van der Waals surface area contributed by atoms with Gasteiger partial charge in [-0.1, -0.05) is 12.1 Å². The summed E-state index contributed by atoms with van der Waals surface area (Å²) in [6, 6.07) is 6.32. The Morgan fingerprint density at radius 3 is 2.32 bits per heavy atom. The zero-order valence-electron chi connectivity index (χ0n) is 14.1. The van der Waals surface area contributed by atoms with E-state index in [1.807, 2.05) is 0 Å². The normalized spacial score (nSPS) is 21.8. The molecule has 1 saturated heterocycles. The fourth-order valence-corrected chi connectivity index (χ4v) is 2.94. The van der Waals surface area contributed by atoms with Crippen molar-refractivity contribution in [3.8, 4) is 0 Å². The quantitative estimate of drug-likeness (QED) is 0.405. The lowest BCUT2D eigenvalue weighted by atomic mass is 10.1. The minimum absolute atomic E-state index is 0. The molecule has 3 rings (SSSR count). The molecule has 0 spiro atoms. The van der Waals surface area contributed by atoms with E-state index in [9.17, 15) is 13.2 Å². The van der Waals surface area contributed by atoms with Gasteiger partial charge in [-0.25, -0.2) is 0 Å². The molecule has 1 atom stereocenters. The molecule has 1 aliphatic carbocycles. The highest BCUT2D eigenvalue weighted by Gasteiger charge is 2.30. The van der Waals surface area contributed by atoms with Crippen LogP contribution in [0.3, 0.4) is 0 Å². The van der Waals surface area contributed by atoms with Crippen molar-refractivity contribution in [1.82, 2.24) is 15.5 Å². The van der Waals surface area contributed by atoms with E-state index < -0.39 is 11.7 Å². The van der Waals surface area contributed by atoms with Crippen molar-refractivity contribution in [2.45, 2.75) is 44.1 Å². The fourth-order valence-electron chi connectivity index (χ4n) is 2.94. The second-order valence-electron chi connectivity index (χ2n) is 6.55. The molecule has 25 heavy (non-hydrogen) atoms. The van der Waals surface area contributed by atoms with Gasteiger partial charge < -0.3 is 10.6 Å². The molecule has 1 saturated carbocycles. The molecular weight excluding hydrogens is 444 g/mol. The number of alkyl halides is 3. The first-order valence-electron chi connectivity index (χ1n) is 8.32. The molecule has 0 aromatic heterocycles. The zero-order valence-corrected chi connectivity index (χ0v) is 16.5. The third-order valence-corrected chi connectivity index (χ3v) is 4.44. The van der Waals surface area contributed by atoms with Gasteiger partial charge in [0.15, 0.2) is 5.96 Å². The lowest BCUT2D eigenvalue weighted by Crippen LogP contribution is -2.45. The van der Waals surface area contributed by atoms with E-state index in [-0.39, 0.29) is 24.0 Å².